The fourth-order valence-corrected chi connectivity index (χ4v) is 7.65. The third-order valence-corrected chi connectivity index (χ3v) is 10.2. The Kier molecular flexibility index (Phi) is 7.04. The van der Waals surface area contributed by atoms with Crippen LogP contribution in [0.25, 0.3) is 27.3 Å². The number of anilines is 3. The highest BCUT2D eigenvalue weighted by molar-refractivity contribution is 7.91. The van der Waals surface area contributed by atoms with Gasteiger partial charge in [0.1, 0.15) is 33.5 Å². The quantitative estimate of drug-likeness (QED) is 0.288. The monoisotopic (exact) mass is 614 g/mol. The number of aromatic nitrogens is 4. The highest BCUT2D eigenvalue weighted by Crippen LogP contribution is 2.31. The molecule has 5 aromatic rings. The molecular formula is C27H28F2N8O3S2. The van der Waals surface area contributed by atoms with Crippen molar-refractivity contribution in [1.82, 2.24) is 24.1 Å². The fourth-order valence-electron chi connectivity index (χ4n) is 5.63. The van der Waals surface area contributed by atoms with Crippen LogP contribution in [-0.2, 0) is 17.7 Å². The highest BCUT2D eigenvalue weighted by Gasteiger charge is 2.26. The van der Waals surface area contributed by atoms with Crippen LogP contribution in [0.4, 0.5) is 26.1 Å². The van der Waals surface area contributed by atoms with Gasteiger partial charge in [0.2, 0.25) is 5.95 Å². The summed E-state index contributed by atoms with van der Waals surface area (Å²) in [6, 6.07) is 7.95. The van der Waals surface area contributed by atoms with Crippen molar-refractivity contribution in [2.75, 3.05) is 72.9 Å². The van der Waals surface area contributed by atoms with Gasteiger partial charge in [0, 0.05) is 45.3 Å². The maximum atomic E-state index is 14.9. The van der Waals surface area contributed by atoms with E-state index in [2.05, 4.69) is 15.0 Å². The lowest BCUT2D eigenvalue weighted by atomic mass is 10.2. The van der Waals surface area contributed by atoms with E-state index in [-0.39, 0.29) is 10.8 Å². The zero-order chi connectivity index (χ0) is 29.0. The molecule has 2 fully saturated rings. The molecule has 2 aliphatic rings. The van der Waals surface area contributed by atoms with Gasteiger partial charge in [-0.25, -0.2) is 8.78 Å². The van der Waals surface area contributed by atoms with E-state index in [1.54, 1.807) is 29.0 Å². The number of nitrogens with two attached hydrogens (primary N) is 1. The lowest BCUT2D eigenvalue weighted by Crippen LogP contribution is -2.48. The summed E-state index contributed by atoms with van der Waals surface area (Å²) >= 11 is 0.219. The Balaban J connectivity index is 1.05. The minimum absolute atomic E-state index is 0.133. The number of halogens is 2. The first kappa shape index (κ1) is 27.2. The summed E-state index contributed by atoms with van der Waals surface area (Å²) in [5.41, 5.74) is 8.75. The number of hydrogen-bond donors (Lipinski definition) is 1. The van der Waals surface area contributed by atoms with Crippen molar-refractivity contribution in [3.63, 3.8) is 0 Å². The summed E-state index contributed by atoms with van der Waals surface area (Å²) in [6.45, 7) is 4.41. The van der Waals surface area contributed by atoms with Crippen LogP contribution >= 0.6 is 11.3 Å². The minimum Gasteiger partial charge on any atom is -0.616 e. The smallest absolute Gasteiger partial charge is 0.309 e. The van der Waals surface area contributed by atoms with E-state index in [9.17, 15) is 18.1 Å². The molecule has 0 radical (unpaired) electrons. The average molecular weight is 615 g/mol. The first-order valence-corrected chi connectivity index (χ1v) is 15.9. The number of furan rings is 1. The Labute approximate surface area is 245 Å². The van der Waals surface area contributed by atoms with E-state index in [1.807, 2.05) is 15.9 Å². The number of nitrogens with zero attached hydrogens (tertiary/aromatic N) is 7. The van der Waals surface area contributed by atoms with Crippen LogP contribution in [0, 0.1) is 11.6 Å². The maximum absolute atomic E-state index is 14.9. The Bertz CT molecular complexity index is 1810. The van der Waals surface area contributed by atoms with E-state index in [0.717, 1.165) is 17.4 Å². The zero-order valence-electron chi connectivity index (χ0n) is 22.5. The standard InChI is InChI=1S/C27H28F2N8O3S2/c28-17-14-18(29)21(35-9-12-42(39)13-10-35)16-20(17)34-6-3-33(4-7-34)5-8-36-25-24(41-27(36)38)22-15-19(23-2-1-11-40-23)32-37(22)26(30)31-25/h1-2,11,14-16H,3-10,12-13H2,(H2,30,31). The second kappa shape index (κ2) is 10.9. The maximum Gasteiger partial charge on any atom is 0.309 e. The van der Waals surface area contributed by atoms with Gasteiger partial charge < -0.3 is 24.5 Å². The van der Waals surface area contributed by atoms with Crippen LogP contribution in [-0.4, -0.2) is 85.9 Å². The fraction of sp³-hybridized carbons (Fsp3) is 0.370. The molecule has 2 N–H and O–H groups in total. The van der Waals surface area contributed by atoms with Crippen molar-refractivity contribution >= 4 is 55.7 Å². The van der Waals surface area contributed by atoms with E-state index in [4.69, 9.17) is 10.2 Å². The van der Waals surface area contributed by atoms with Gasteiger partial charge in [-0.15, -0.1) is 0 Å². The molecule has 7 rings (SSSR count). The highest BCUT2D eigenvalue weighted by atomic mass is 32.2. The molecule has 4 aromatic heterocycles. The van der Waals surface area contributed by atoms with Crippen LogP contribution < -0.4 is 20.4 Å². The van der Waals surface area contributed by atoms with Crippen molar-refractivity contribution < 1.29 is 17.8 Å². The van der Waals surface area contributed by atoms with Crippen LogP contribution in [0.1, 0.15) is 0 Å². The summed E-state index contributed by atoms with van der Waals surface area (Å²) in [5, 5.41) is 4.50. The summed E-state index contributed by atoms with van der Waals surface area (Å²) < 4.78 is 50.6. The number of thiazole rings is 1. The Morgan fingerprint density at radius 3 is 2.40 bits per heavy atom. The minimum atomic E-state index is -0.887. The summed E-state index contributed by atoms with van der Waals surface area (Å²) in [6.07, 6.45) is 1.57. The normalized spacial score (nSPS) is 17.2. The number of nitrogen functional groups attached to an aromatic ring is 1. The summed E-state index contributed by atoms with van der Waals surface area (Å²) in [5.74, 6) is 0.540. The summed E-state index contributed by atoms with van der Waals surface area (Å²) in [7, 11) is 0. The van der Waals surface area contributed by atoms with Crippen molar-refractivity contribution in [3.8, 4) is 11.5 Å². The third kappa shape index (κ3) is 4.89. The predicted molar refractivity (Wildman–Crippen MR) is 160 cm³/mol. The molecule has 6 heterocycles. The SMILES string of the molecule is Nc1nc2c(sc(=O)n2CCN2CCN(c3cc(N4CC[S+]([O-])CC4)c(F)cc3F)CC2)c2cc(-c3ccco3)nn12. The largest absolute Gasteiger partial charge is 0.616 e. The summed E-state index contributed by atoms with van der Waals surface area (Å²) in [4.78, 5) is 23.4. The van der Waals surface area contributed by atoms with E-state index < -0.39 is 22.8 Å². The van der Waals surface area contributed by atoms with Crippen molar-refractivity contribution in [1.29, 1.82) is 0 Å². The second-order valence-corrected chi connectivity index (χ2v) is 13.0. The van der Waals surface area contributed by atoms with Crippen LogP contribution in [0.15, 0.2) is 45.8 Å². The molecule has 0 atom stereocenters. The van der Waals surface area contributed by atoms with E-state index in [1.165, 1.54) is 4.52 Å². The lowest BCUT2D eigenvalue weighted by molar-refractivity contribution is 0.248. The Morgan fingerprint density at radius 1 is 1.00 bits per heavy atom. The number of benzene rings is 1. The molecule has 1 aromatic carbocycles. The van der Waals surface area contributed by atoms with Gasteiger partial charge in [-0.1, -0.05) is 22.5 Å². The molecule has 42 heavy (non-hydrogen) atoms. The molecule has 0 unspecified atom stereocenters. The molecule has 2 aliphatic heterocycles. The van der Waals surface area contributed by atoms with Crippen LogP contribution in [0.2, 0.25) is 0 Å². The Hall–Kier alpha value is -3.66. The molecule has 0 aliphatic carbocycles. The van der Waals surface area contributed by atoms with Crippen LogP contribution in [0.5, 0.6) is 0 Å². The first-order chi connectivity index (χ1) is 20.4. The van der Waals surface area contributed by atoms with Gasteiger partial charge in [-0.3, -0.25) is 14.3 Å². The molecule has 11 nitrogen and oxygen atoms in total. The molecule has 15 heteroatoms. The van der Waals surface area contributed by atoms with Gasteiger partial charge in [0.25, 0.3) is 0 Å². The molecule has 0 spiro atoms. The van der Waals surface area contributed by atoms with Crippen molar-refractivity contribution in [2.45, 2.75) is 6.54 Å². The van der Waals surface area contributed by atoms with E-state index in [0.29, 0.717) is 103 Å². The predicted octanol–water partition coefficient (Wildman–Crippen LogP) is 2.62. The van der Waals surface area contributed by atoms with Gasteiger partial charge >= 0.3 is 4.87 Å². The van der Waals surface area contributed by atoms with Gasteiger partial charge in [0.15, 0.2) is 11.4 Å². The topological polar surface area (TPSA) is 124 Å². The average Bonchev–Trinajstić information content (AvgIpc) is 3.73. The van der Waals surface area contributed by atoms with Crippen molar-refractivity contribution in [2.24, 2.45) is 0 Å². The lowest BCUT2D eigenvalue weighted by Gasteiger charge is -2.37. The molecule has 0 bridgehead atoms. The van der Waals surface area contributed by atoms with Crippen molar-refractivity contribution in [3.05, 3.63) is 57.9 Å². The first-order valence-electron chi connectivity index (χ1n) is 13.6. The number of piperazine rings is 1. The molecular weight excluding hydrogens is 586 g/mol. The van der Waals surface area contributed by atoms with Gasteiger partial charge in [-0.2, -0.15) is 14.6 Å². The van der Waals surface area contributed by atoms with Gasteiger partial charge in [0.05, 0.1) is 36.2 Å². The molecule has 0 amide bonds. The number of fused-ring (bicyclic) bond motifs is 3. The molecule has 220 valence electrons. The third-order valence-electron chi connectivity index (χ3n) is 7.91. The van der Waals surface area contributed by atoms with Gasteiger partial charge in [-0.05, 0) is 24.3 Å². The van der Waals surface area contributed by atoms with E-state index >= 15 is 0 Å². The molecule has 2 saturated heterocycles. The zero-order valence-corrected chi connectivity index (χ0v) is 24.2. The number of rotatable bonds is 6. The Morgan fingerprint density at radius 2 is 1.71 bits per heavy atom. The second-order valence-electron chi connectivity index (χ2n) is 10.4. The number of hydrogen-bond acceptors (Lipinski definition) is 10. The molecule has 0 saturated carbocycles. The van der Waals surface area contributed by atoms with Crippen LogP contribution in [0.3, 0.4) is 0 Å².